The van der Waals surface area contributed by atoms with Crippen LogP contribution in [0.1, 0.15) is 55.4 Å². The van der Waals surface area contributed by atoms with Crippen LogP contribution < -0.4 is 5.32 Å². The number of carbonyl (C=O) groups is 3. The van der Waals surface area contributed by atoms with Crippen LogP contribution in [-0.4, -0.2) is 122 Å². The molecule has 35 heavy (non-hydrogen) atoms. The summed E-state index contributed by atoms with van der Waals surface area (Å²) in [4.78, 5) is 43.3. The van der Waals surface area contributed by atoms with Crippen LogP contribution in [-0.2, 0) is 28.6 Å². The quantitative estimate of drug-likeness (QED) is 0.404. The Bertz CT molecular complexity index is 628. The van der Waals surface area contributed by atoms with Crippen molar-refractivity contribution in [2.24, 2.45) is 0 Å². The number of hydrogen-bond donors (Lipinski definition) is 1. The van der Waals surface area contributed by atoms with Gasteiger partial charge in [-0.1, -0.05) is 0 Å². The maximum atomic E-state index is 12.4. The summed E-state index contributed by atoms with van der Waals surface area (Å²) in [6, 6.07) is 0. The van der Waals surface area contributed by atoms with Gasteiger partial charge in [-0.15, -0.1) is 0 Å². The molecule has 10 nitrogen and oxygen atoms in total. The Morgan fingerprint density at radius 2 is 1.00 bits per heavy atom. The second kappa shape index (κ2) is 14.7. The standard InChI is InChI=1S/C25H48N4O6/c1-20(2)33-21(30)17-29-15-13-27(18-22(31)34-24(3,4)5)11-9-26-10-12-28(14-16-29)19-23(32)35-25(6,7)8/h20,26H,9-19H2,1-8H3. The lowest BCUT2D eigenvalue weighted by atomic mass is 10.2. The summed E-state index contributed by atoms with van der Waals surface area (Å²) in [5.41, 5.74) is -1.07. The highest BCUT2D eigenvalue weighted by Crippen LogP contribution is 2.09. The van der Waals surface area contributed by atoms with E-state index >= 15 is 0 Å². The Morgan fingerprint density at radius 3 is 1.34 bits per heavy atom. The number of nitrogens with one attached hydrogen (secondary N) is 1. The van der Waals surface area contributed by atoms with Gasteiger partial charge in [-0.25, -0.2) is 0 Å². The lowest BCUT2D eigenvalue weighted by Crippen LogP contribution is -2.48. The van der Waals surface area contributed by atoms with Gasteiger partial charge in [0.2, 0.25) is 0 Å². The molecule has 0 unspecified atom stereocenters. The number of hydrogen-bond acceptors (Lipinski definition) is 10. The lowest BCUT2D eigenvalue weighted by molar-refractivity contribution is -0.157. The van der Waals surface area contributed by atoms with Crippen molar-refractivity contribution in [1.82, 2.24) is 20.0 Å². The predicted octanol–water partition coefficient (Wildman–Crippen LogP) is 1.13. The van der Waals surface area contributed by atoms with Crippen molar-refractivity contribution in [1.29, 1.82) is 0 Å². The van der Waals surface area contributed by atoms with E-state index in [9.17, 15) is 14.4 Å². The second-order valence-corrected chi connectivity index (χ2v) is 11.3. The summed E-state index contributed by atoms with van der Waals surface area (Å²) in [6.07, 6.45) is -0.187. The lowest BCUT2D eigenvalue weighted by Gasteiger charge is -2.31. The van der Waals surface area contributed by atoms with E-state index < -0.39 is 11.2 Å². The van der Waals surface area contributed by atoms with E-state index in [1.807, 2.05) is 70.1 Å². The van der Waals surface area contributed by atoms with Crippen LogP contribution in [0.4, 0.5) is 0 Å². The van der Waals surface area contributed by atoms with Gasteiger partial charge >= 0.3 is 17.9 Å². The molecule has 0 amide bonds. The third-order valence-electron chi connectivity index (χ3n) is 4.94. The second-order valence-electron chi connectivity index (χ2n) is 11.3. The summed E-state index contributed by atoms with van der Waals surface area (Å²) in [5, 5.41) is 3.40. The van der Waals surface area contributed by atoms with Gasteiger partial charge < -0.3 is 19.5 Å². The Labute approximate surface area is 211 Å². The molecule has 1 saturated heterocycles. The van der Waals surface area contributed by atoms with Gasteiger partial charge in [-0.3, -0.25) is 29.1 Å². The highest BCUT2D eigenvalue weighted by atomic mass is 16.6. The zero-order valence-electron chi connectivity index (χ0n) is 23.1. The van der Waals surface area contributed by atoms with E-state index in [1.165, 1.54) is 0 Å². The summed E-state index contributed by atoms with van der Waals surface area (Å²) >= 11 is 0. The predicted molar refractivity (Wildman–Crippen MR) is 135 cm³/mol. The molecule has 0 aromatic heterocycles. The molecule has 1 heterocycles. The van der Waals surface area contributed by atoms with E-state index in [4.69, 9.17) is 14.2 Å². The van der Waals surface area contributed by atoms with Crippen molar-refractivity contribution in [3.05, 3.63) is 0 Å². The van der Waals surface area contributed by atoms with Crippen molar-refractivity contribution in [3.63, 3.8) is 0 Å². The maximum Gasteiger partial charge on any atom is 0.320 e. The van der Waals surface area contributed by atoms with Crippen molar-refractivity contribution < 1.29 is 28.6 Å². The molecule has 0 spiro atoms. The SMILES string of the molecule is CC(C)OC(=O)CN1CCN(CC(=O)OC(C)(C)C)CCNCCN(CC(=O)OC(C)(C)C)CC1. The fraction of sp³-hybridized carbons (Fsp3) is 0.880. The fourth-order valence-electron chi connectivity index (χ4n) is 3.57. The van der Waals surface area contributed by atoms with E-state index in [1.54, 1.807) is 0 Å². The van der Waals surface area contributed by atoms with Gasteiger partial charge in [0.1, 0.15) is 11.2 Å². The van der Waals surface area contributed by atoms with Gasteiger partial charge in [-0.05, 0) is 55.4 Å². The number of rotatable bonds is 7. The van der Waals surface area contributed by atoms with Crippen LogP contribution in [0, 0.1) is 0 Å². The number of nitrogens with zero attached hydrogens (tertiary/aromatic N) is 3. The first-order chi connectivity index (χ1) is 16.1. The first-order valence-corrected chi connectivity index (χ1v) is 12.6. The Hall–Kier alpha value is -1.75. The van der Waals surface area contributed by atoms with Crippen molar-refractivity contribution >= 4 is 17.9 Å². The molecule has 204 valence electrons. The molecule has 10 heteroatoms. The molecule has 0 radical (unpaired) electrons. The molecule has 0 bridgehead atoms. The topological polar surface area (TPSA) is 101 Å². The van der Waals surface area contributed by atoms with E-state index in [-0.39, 0.29) is 43.6 Å². The summed E-state index contributed by atoms with van der Waals surface area (Å²) in [5.74, 6) is -0.816. The van der Waals surface area contributed by atoms with Crippen LogP contribution in [0.15, 0.2) is 0 Å². The Balaban J connectivity index is 2.85. The average molecular weight is 501 g/mol. The summed E-state index contributed by atoms with van der Waals surface area (Å²) in [6.45, 7) is 20.4. The van der Waals surface area contributed by atoms with Gasteiger partial charge in [0.05, 0.1) is 25.7 Å². The Morgan fingerprint density at radius 1 is 0.657 bits per heavy atom. The van der Waals surface area contributed by atoms with Crippen LogP contribution in [0.3, 0.4) is 0 Å². The number of ether oxygens (including phenoxy) is 3. The van der Waals surface area contributed by atoms with Crippen LogP contribution >= 0.6 is 0 Å². The molecule has 1 rings (SSSR count). The third-order valence-corrected chi connectivity index (χ3v) is 4.94. The molecule has 0 saturated carbocycles. The summed E-state index contributed by atoms with van der Waals surface area (Å²) in [7, 11) is 0. The van der Waals surface area contributed by atoms with E-state index in [2.05, 4.69) is 5.32 Å². The van der Waals surface area contributed by atoms with Gasteiger partial charge in [-0.2, -0.15) is 0 Å². The molecular weight excluding hydrogens is 452 g/mol. The first-order valence-electron chi connectivity index (χ1n) is 12.6. The molecular formula is C25H48N4O6. The third kappa shape index (κ3) is 16.5. The molecule has 0 aromatic carbocycles. The highest BCUT2D eigenvalue weighted by Gasteiger charge is 2.23. The number of esters is 3. The molecule has 0 aliphatic carbocycles. The number of carbonyl (C=O) groups excluding carboxylic acids is 3. The largest absolute Gasteiger partial charge is 0.462 e. The fourth-order valence-corrected chi connectivity index (χ4v) is 3.57. The zero-order chi connectivity index (χ0) is 26.6. The van der Waals surface area contributed by atoms with Crippen molar-refractivity contribution in [2.45, 2.75) is 72.7 Å². The molecule has 1 N–H and O–H groups in total. The van der Waals surface area contributed by atoms with Crippen LogP contribution in [0.2, 0.25) is 0 Å². The maximum absolute atomic E-state index is 12.4. The van der Waals surface area contributed by atoms with Crippen LogP contribution in [0.5, 0.6) is 0 Å². The van der Waals surface area contributed by atoms with Crippen molar-refractivity contribution in [2.75, 3.05) is 72.0 Å². The first kappa shape index (κ1) is 31.3. The molecule has 1 aliphatic heterocycles. The van der Waals surface area contributed by atoms with Gasteiger partial charge in [0.25, 0.3) is 0 Å². The smallest absolute Gasteiger partial charge is 0.320 e. The minimum atomic E-state index is -0.536. The molecule has 0 atom stereocenters. The Kier molecular flexibility index (Phi) is 13.2. The molecule has 0 aromatic rings. The van der Waals surface area contributed by atoms with Crippen molar-refractivity contribution in [3.8, 4) is 0 Å². The van der Waals surface area contributed by atoms with E-state index in [0.717, 1.165) is 0 Å². The average Bonchev–Trinajstić information content (AvgIpc) is 2.64. The minimum Gasteiger partial charge on any atom is -0.462 e. The minimum absolute atomic E-state index is 0.150. The zero-order valence-corrected chi connectivity index (χ0v) is 23.1. The van der Waals surface area contributed by atoms with E-state index in [0.29, 0.717) is 52.4 Å². The highest BCUT2D eigenvalue weighted by molar-refractivity contribution is 5.73. The monoisotopic (exact) mass is 500 g/mol. The molecule has 1 aliphatic rings. The summed E-state index contributed by atoms with van der Waals surface area (Å²) < 4.78 is 16.3. The van der Waals surface area contributed by atoms with Crippen LogP contribution in [0.25, 0.3) is 0 Å². The normalized spacial score (nSPS) is 18.4. The van der Waals surface area contributed by atoms with Gasteiger partial charge in [0, 0.05) is 52.4 Å². The molecule has 1 fully saturated rings. The van der Waals surface area contributed by atoms with Gasteiger partial charge in [0.15, 0.2) is 0 Å².